The van der Waals surface area contributed by atoms with Crippen LogP contribution >= 0.6 is 46.3 Å². The largest absolute Gasteiger partial charge is 0.300 e. The highest BCUT2D eigenvalue weighted by Gasteiger charge is 2.24. The summed E-state index contributed by atoms with van der Waals surface area (Å²) < 4.78 is 0. The van der Waals surface area contributed by atoms with Gasteiger partial charge < -0.3 is 5.32 Å². The second-order valence-corrected chi connectivity index (χ2v) is 8.24. The van der Waals surface area contributed by atoms with Crippen molar-refractivity contribution in [2.75, 3.05) is 0 Å². The molecule has 9 heteroatoms. The Hall–Kier alpha value is -2.19. The lowest BCUT2D eigenvalue weighted by molar-refractivity contribution is -0.115. The van der Waals surface area contributed by atoms with Crippen molar-refractivity contribution in [2.45, 2.75) is 0 Å². The van der Waals surface area contributed by atoms with Crippen LogP contribution in [0.1, 0.15) is 5.56 Å². The first-order valence-corrected chi connectivity index (χ1v) is 10.1. The Morgan fingerprint density at radius 1 is 1.07 bits per heavy atom. The number of rotatable bonds is 3. The molecule has 1 amide bonds. The standard InChI is InChI=1S/C18H10Cl2N4OS2/c19-11-5-3-4-10(8-11)9-14-15(25)21-17(26-14)22-18-24-23-16(27-18)12-6-1-2-7-13(12)20/h1-9H,(H,21,22,24,25). The van der Waals surface area contributed by atoms with Crippen LogP contribution in [0.4, 0.5) is 5.13 Å². The van der Waals surface area contributed by atoms with Crippen LogP contribution in [-0.2, 0) is 4.79 Å². The molecule has 134 valence electrons. The molecule has 2 heterocycles. The highest BCUT2D eigenvalue weighted by molar-refractivity contribution is 8.18. The zero-order chi connectivity index (χ0) is 18.8. The molecular formula is C18H10Cl2N4OS2. The summed E-state index contributed by atoms with van der Waals surface area (Å²) in [6.45, 7) is 0. The fraction of sp³-hybridized carbons (Fsp3) is 0. The van der Waals surface area contributed by atoms with E-state index >= 15 is 0 Å². The number of nitrogens with zero attached hydrogens (tertiary/aromatic N) is 3. The normalized spacial score (nSPS) is 16.9. The first-order valence-electron chi connectivity index (χ1n) is 7.72. The van der Waals surface area contributed by atoms with Crippen molar-refractivity contribution >= 4 is 68.6 Å². The predicted octanol–water partition coefficient (Wildman–Crippen LogP) is 5.40. The second-order valence-electron chi connectivity index (χ2n) is 5.41. The summed E-state index contributed by atoms with van der Waals surface area (Å²) in [4.78, 5) is 17.1. The second kappa shape index (κ2) is 7.82. The van der Waals surface area contributed by atoms with Gasteiger partial charge in [-0.2, -0.15) is 4.99 Å². The van der Waals surface area contributed by atoms with E-state index in [0.29, 0.717) is 30.3 Å². The minimum Gasteiger partial charge on any atom is -0.300 e. The molecular weight excluding hydrogens is 423 g/mol. The molecule has 4 rings (SSSR count). The minimum atomic E-state index is -0.213. The number of aliphatic imine (C=N–C) groups is 1. The maximum atomic E-state index is 12.2. The third kappa shape index (κ3) is 4.22. The smallest absolute Gasteiger partial charge is 0.264 e. The number of amidine groups is 1. The van der Waals surface area contributed by atoms with E-state index < -0.39 is 0 Å². The minimum absolute atomic E-state index is 0.213. The average Bonchev–Trinajstić information content (AvgIpc) is 3.23. The lowest BCUT2D eigenvalue weighted by Crippen LogP contribution is -2.19. The summed E-state index contributed by atoms with van der Waals surface area (Å²) in [7, 11) is 0. The Morgan fingerprint density at radius 3 is 2.74 bits per heavy atom. The molecule has 1 aliphatic heterocycles. The summed E-state index contributed by atoms with van der Waals surface area (Å²) in [6, 6.07) is 14.7. The molecule has 1 aromatic heterocycles. The van der Waals surface area contributed by atoms with Crippen LogP contribution in [0, 0.1) is 0 Å². The van der Waals surface area contributed by atoms with Gasteiger partial charge in [-0.15, -0.1) is 10.2 Å². The van der Waals surface area contributed by atoms with Gasteiger partial charge >= 0.3 is 0 Å². The third-order valence-electron chi connectivity index (χ3n) is 3.51. The van der Waals surface area contributed by atoms with Gasteiger partial charge in [0.2, 0.25) is 5.13 Å². The fourth-order valence-electron chi connectivity index (χ4n) is 2.32. The number of benzene rings is 2. The van der Waals surface area contributed by atoms with E-state index in [1.165, 1.54) is 23.1 Å². The Labute approximate surface area is 173 Å². The number of carbonyl (C=O) groups is 1. The first kappa shape index (κ1) is 18.2. The van der Waals surface area contributed by atoms with Gasteiger partial charge in [0, 0.05) is 10.6 Å². The van der Waals surface area contributed by atoms with E-state index in [9.17, 15) is 4.79 Å². The van der Waals surface area contributed by atoms with Crippen molar-refractivity contribution in [1.29, 1.82) is 0 Å². The van der Waals surface area contributed by atoms with E-state index in [1.54, 1.807) is 24.3 Å². The van der Waals surface area contributed by atoms with Crippen LogP contribution < -0.4 is 5.32 Å². The summed E-state index contributed by atoms with van der Waals surface area (Å²) in [5.74, 6) is -0.213. The van der Waals surface area contributed by atoms with Crippen molar-refractivity contribution < 1.29 is 4.79 Å². The topological polar surface area (TPSA) is 67.2 Å². The molecule has 0 bridgehead atoms. The van der Waals surface area contributed by atoms with Gasteiger partial charge in [-0.25, -0.2) is 0 Å². The van der Waals surface area contributed by atoms with Crippen LogP contribution in [-0.4, -0.2) is 21.3 Å². The Morgan fingerprint density at radius 2 is 1.93 bits per heavy atom. The van der Waals surface area contributed by atoms with Gasteiger partial charge in [0.05, 0.1) is 9.93 Å². The molecule has 1 aliphatic rings. The van der Waals surface area contributed by atoms with Gasteiger partial charge in [-0.05, 0) is 41.6 Å². The molecule has 0 radical (unpaired) electrons. The first-order chi connectivity index (χ1) is 13.1. The molecule has 0 aliphatic carbocycles. The van der Waals surface area contributed by atoms with Gasteiger partial charge in [0.15, 0.2) is 10.2 Å². The van der Waals surface area contributed by atoms with Crippen LogP contribution in [0.5, 0.6) is 0 Å². The van der Waals surface area contributed by atoms with Gasteiger partial charge in [0.1, 0.15) is 0 Å². The molecule has 1 fully saturated rings. The zero-order valence-electron chi connectivity index (χ0n) is 13.5. The van der Waals surface area contributed by atoms with E-state index in [0.717, 1.165) is 11.1 Å². The van der Waals surface area contributed by atoms with Crippen molar-refractivity contribution in [1.82, 2.24) is 15.5 Å². The molecule has 3 aromatic rings. The highest BCUT2D eigenvalue weighted by atomic mass is 35.5. The van der Waals surface area contributed by atoms with Crippen molar-refractivity contribution in [3.8, 4) is 10.6 Å². The number of halogens is 2. The van der Waals surface area contributed by atoms with Crippen molar-refractivity contribution in [3.05, 3.63) is 69.0 Å². The highest BCUT2D eigenvalue weighted by Crippen LogP contribution is 2.34. The molecule has 0 saturated carbocycles. The van der Waals surface area contributed by atoms with Gasteiger partial charge in [0.25, 0.3) is 5.91 Å². The van der Waals surface area contributed by atoms with E-state index in [1.807, 2.05) is 30.3 Å². The summed E-state index contributed by atoms with van der Waals surface area (Å²) >= 11 is 14.7. The summed E-state index contributed by atoms with van der Waals surface area (Å²) in [6.07, 6.45) is 1.77. The molecule has 0 unspecified atom stereocenters. The van der Waals surface area contributed by atoms with Crippen LogP contribution in [0.3, 0.4) is 0 Å². The molecule has 0 atom stereocenters. The maximum absolute atomic E-state index is 12.2. The average molecular weight is 433 g/mol. The third-order valence-corrected chi connectivity index (χ3v) is 5.84. The van der Waals surface area contributed by atoms with Gasteiger partial charge in [-0.1, -0.05) is 64.9 Å². The van der Waals surface area contributed by atoms with Crippen molar-refractivity contribution in [3.63, 3.8) is 0 Å². The lowest BCUT2D eigenvalue weighted by Gasteiger charge is -1.96. The predicted molar refractivity (Wildman–Crippen MR) is 113 cm³/mol. The zero-order valence-corrected chi connectivity index (χ0v) is 16.7. The number of thioether (sulfide) groups is 1. The Bertz CT molecular complexity index is 1090. The lowest BCUT2D eigenvalue weighted by atomic mass is 10.2. The van der Waals surface area contributed by atoms with E-state index in [-0.39, 0.29) is 5.91 Å². The number of carbonyl (C=O) groups excluding carboxylic acids is 1. The Kier molecular flexibility index (Phi) is 5.27. The number of aromatic nitrogens is 2. The SMILES string of the molecule is O=C1NC(=Nc2nnc(-c3ccccc3Cl)s2)SC1=Cc1cccc(Cl)c1. The molecule has 2 aromatic carbocycles. The molecule has 5 nitrogen and oxygen atoms in total. The molecule has 1 N–H and O–H groups in total. The molecule has 0 spiro atoms. The number of nitrogens with one attached hydrogen (secondary N) is 1. The number of hydrogen-bond acceptors (Lipinski definition) is 6. The van der Waals surface area contributed by atoms with Crippen LogP contribution in [0.2, 0.25) is 10.0 Å². The maximum Gasteiger partial charge on any atom is 0.264 e. The molecule has 1 saturated heterocycles. The quantitative estimate of drug-likeness (QED) is 0.562. The van der Waals surface area contributed by atoms with Crippen molar-refractivity contribution in [2.24, 2.45) is 4.99 Å². The number of hydrogen-bond donors (Lipinski definition) is 1. The summed E-state index contributed by atoms with van der Waals surface area (Å²) in [5.41, 5.74) is 1.64. The Balaban J connectivity index is 1.56. The monoisotopic (exact) mass is 432 g/mol. The number of amides is 1. The van der Waals surface area contributed by atoms with Gasteiger partial charge in [-0.3, -0.25) is 4.79 Å². The van der Waals surface area contributed by atoms with Crippen LogP contribution in [0.15, 0.2) is 58.4 Å². The summed E-state index contributed by atoms with van der Waals surface area (Å²) in [5, 5.41) is 13.7. The molecule has 27 heavy (non-hydrogen) atoms. The fourth-order valence-corrected chi connectivity index (χ4v) is 4.44. The van der Waals surface area contributed by atoms with E-state index in [4.69, 9.17) is 23.2 Å². The van der Waals surface area contributed by atoms with E-state index in [2.05, 4.69) is 20.5 Å². The van der Waals surface area contributed by atoms with Crippen LogP contribution in [0.25, 0.3) is 16.6 Å².